The summed E-state index contributed by atoms with van der Waals surface area (Å²) < 4.78 is 67.7. The normalized spacial score (nSPS) is 12.8. The largest absolute Gasteiger partial charge is 2.00 e. The molecule has 0 aliphatic rings. The number of carbonyl (C=O) groups excluding carboxylic acids is 2. The summed E-state index contributed by atoms with van der Waals surface area (Å²) in [6.07, 6.45) is -9.82. The predicted molar refractivity (Wildman–Crippen MR) is 49.6 cm³/mol. The van der Waals surface area contributed by atoms with E-state index in [-0.39, 0.29) is 28.6 Å². The van der Waals surface area contributed by atoms with Gasteiger partial charge in [-0.2, -0.15) is 26.3 Å². The minimum atomic E-state index is -4.92. The van der Waals surface area contributed by atoms with E-state index >= 15 is 0 Å². The van der Waals surface area contributed by atoms with Crippen LogP contribution in [0.3, 0.4) is 0 Å². The van der Waals surface area contributed by atoms with Gasteiger partial charge in [-0.3, -0.25) is 9.59 Å². The predicted octanol–water partition coefficient (Wildman–Crippen LogP) is 0.761. The zero-order valence-corrected chi connectivity index (χ0v) is 11.4. The van der Waals surface area contributed by atoms with Crippen LogP contribution in [-0.2, 0) is 26.1 Å². The fourth-order valence-corrected chi connectivity index (χ4v) is 0.533. The molecule has 4 nitrogen and oxygen atoms in total. The standard InChI is InChI=1S/2C5H5F3O2.Ni/c2*1-3(9)2-4(10)5(6,7)8;/h2*2,10H,1H3;/q;;+2/p-2/b2*4-2-;. The number of hydrogen-bond donors (Lipinski definition) is 0. The average molecular weight is 365 g/mol. The maximum atomic E-state index is 11.3. The Morgan fingerprint density at radius 2 is 0.952 bits per heavy atom. The first kappa shape index (κ1) is 24.5. The van der Waals surface area contributed by atoms with Crippen molar-refractivity contribution >= 4 is 11.6 Å². The van der Waals surface area contributed by atoms with Gasteiger partial charge in [-0.15, -0.1) is 0 Å². The molecule has 0 heterocycles. The van der Waals surface area contributed by atoms with Gasteiger partial charge < -0.3 is 10.2 Å². The van der Waals surface area contributed by atoms with Crippen molar-refractivity contribution in [3.8, 4) is 0 Å². The van der Waals surface area contributed by atoms with Gasteiger partial charge in [0.05, 0.1) is 0 Å². The van der Waals surface area contributed by atoms with Gasteiger partial charge in [-0.1, -0.05) is 0 Å². The summed E-state index contributed by atoms with van der Waals surface area (Å²) in [5.41, 5.74) is 0. The van der Waals surface area contributed by atoms with Crippen molar-refractivity contribution in [1.29, 1.82) is 0 Å². The van der Waals surface area contributed by atoms with Gasteiger partial charge in [0.2, 0.25) is 0 Å². The molecule has 0 aromatic carbocycles. The maximum Gasteiger partial charge on any atom is 2.00 e. The van der Waals surface area contributed by atoms with E-state index in [1.807, 2.05) is 0 Å². The first-order valence-electron chi connectivity index (χ1n) is 4.61. The van der Waals surface area contributed by atoms with Gasteiger partial charge in [-0.25, -0.2) is 0 Å². The minimum Gasteiger partial charge on any atom is -0.869 e. The Hall–Kier alpha value is -1.51. The molecule has 0 aliphatic carbocycles. The van der Waals surface area contributed by atoms with Crippen molar-refractivity contribution < 1.29 is 62.6 Å². The van der Waals surface area contributed by atoms with E-state index in [1.54, 1.807) is 0 Å². The van der Waals surface area contributed by atoms with Crippen LogP contribution in [0.4, 0.5) is 26.3 Å². The zero-order chi connectivity index (χ0) is 16.7. The summed E-state index contributed by atoms with van der Waals surface area (Å²) >= 11 is 0. The van der Waals surface area contributed by atoms with Crippen molar-refractivity contribution in [2.45, 2.75) is 26.2 Å². The third kappa shape index (κ3) is 14.7. The van der Waals surface area contributed by atoms with Crippen LogP contribution in [0.15, 0.2) is 23.7 Å². The second-order valence-corrected chi connectivity index (χ2v) is 3.23. The fourth-order valence-electron chi connectivity index (χ4n) is 0.533. The Morgan fingerprint density at radius 3 is 1.00 bits per heavy atom. The molecule has 0 atom stereocenters. The Labute approximate surface area is 125 Å². The summed E-state index contributed by atoms with van der Waals surface area (Å²) in [5, 5.41) is 19.7. The summed E-state index contributed by atoms with van der Waals surface area (Å²) in [4.78, 5) is 19.8. The molecular formula is C10H8F6NiO4. The van der Waals surface area contributed by atoms with Crippen molar-refractivity contribution in [2.75, 3.05) is 0 Å². The molecular weight excluding hydrogens is 357 g/mol. The average Bonchev–Trinajstić information content (AvgIpc) is 2.13. The number of halogens is 6. The number of ketones is 2. The van der Waals surface area contributed by atoms with Crippen LogP contribution in [0, 0.1) is 0 Å². The molecule has 0 fully saturated rings. The summed E-state index contributed by atoms with van der Waals surface area (Å²) in [7, 11) is 0. The number of rotatable bonds is 2. The van der Waals surface area contributed by atoms with Gasteiger partial charge in [0.15, 0.2) is 11.6 Å². The first-order valence-corrected chi connectivity index (χ1v) is 4.61. The molecule has 0 rings (SSSR count). The maximum absolute atomic E-state index is 11.3. The fraction of sp³-hybridized carbons (Fsp3) is 0.400. The number of allylic oxidation sites excluding steroid dienone is 4. The third-order valence-electron chi connectivity index (χ3n) is 1.23. The Kier molecular flexibility index (Phi) is 11.0. The minimum absolute atomic E-state index is 0. The third-order valence-corrected chi connectivity index (χ3v) is 1.23. The van der Waals surface area contributed by atoms with Gasteiger partial charge in [-0.05, 0) is 37.5 Å². The quantitative estimate of drug-likeness (QED) is 0.313. The molecule has 0 unspecified atom stereocenters. The van der Waals surface area contributed by atoms with Crippen LogP contribution < -0.4 is 10.2 Å². The van der Waals surface area contributed by atoms with E-state index < -0.39 is 35.4 Å². The van der Waals surface area contributed by atoms with Crippen molar-refractivity contribution in [1.82, 2.24) is 0 Å². The van der Waals surface area contributed by atoms with Crippen LogP contribution in [0.25, 0.3) is 0 Å². The molecule has 124 valence electrons. The monoisotopic (exact) mass is 364 g/mol. The molecule has 21 heavy (non-hydrogen) atoms. The Balaban J connectivity index is -0.000000295. The van der Waals surface area contributed by atoms with E-state index in [0.29, 0.717) is 0 Å². The summed E-state index contributed by atoms with van der Waals surface area (Å²) in [6, 6.07) is 0. The molecule has 0 aromatic rings. The smallest absolute Gasteiger partial charge is 0.869 e. The van der Waals surface area contributed by atoms with Crippen LogP contribution in [0.5, 0.6) is 0 Å². The Bertz CT molecular complexity index is 382. The molecule has 0 N–H and O–H groups in total. The topological polar surface area (TPSA) is 80.3 Å². The summed E-state index contributed by atoms with van der Waals surface area (Å²) in [5.74, 6) is -6.02. The van der Waals surface area contributed by atoms with Gasteiger partial charge in [0, 0.05) is 0 Å². The van der Waals surface area contributed by atoms with Gasteiger partial charge >= 0.3 is 28.8 Å². The van der Waals surface area contributed by atoms with Crippen LogP contribution >= 0.6 is 0 Å². The van der Waals surface area contributed by atoms with E-state index in [1.165, 1.54) is 0 Å². The van der Waals surface area contributed by atoms with Crippen LogP contribution in [-0.4, -0.2) is 23.9 Å². The van der Waals surface area contributed by atoms with Crippen molar-refractivity contribution in [3.63, 3.8) is 0 Å². The first-order chi connectivity index (χ1) is 8.67. The Morgan fingerprint density at radius 1 is 0.762 bits per heavy atom. The van der Waals surface area contributed by atoms with E-state index in [2.05, 4.69) is 0 Å². The second-order valence-electron chi connectivity index (χ2n) is 3.23. The summed E-state index contributed by atoms with van der Waals surface area (Å²) in [6.45, 7) is 1.76. The van der Waals surface area contributed by atoms with E-state index in [9.17, 15) is 46.1 Å². The molecule has 0 radical (unpaired) electrons. The van der Waals surface area contributed by atoms with Crippen LogP contribution in [0.2, 0.25) is 0 Å². The second kappa shape index (κ2) is 9.43. The van der Waals surface area contributed by atoms with Crippen molar-refractivity contribution in [2.24, 2.45) is 0 Å². The van der Waals surface area contributed by atoms with Gasteiger partial charge in [0.25, 0.3) is 0 Å². The molecule has 0 amide bonds. The van der Waals surface area contributed by atoms with Crippen LogP contribution in [0.1, 0.15) is 13.8 Å². The molecule has 0 aromatic heterocycles. The van der Waals surface area contributed by atoms with E-state index in [4.69, 9.17) is 0 Å². The molecule has 0 saturated carbocycles. The zero-order valence-electron chi connectivity index (χ0n) is 10.4. The molecule has 0 aliphatic heterocycles. The molecule has 0 saturated heterocycles. The number of hydrogen-bond acceptors (Lipinski definition) is 4. The number of alkyl halides is 6. The van der Waals surface area contributed by atoms with E-state index in [0.717, 1.165) is 13.8 Å². The number of carbonyl (C=O) groups is 2. The molecule has 0 spiro atoms. The van der Waals surface area contributed by atoms with Crippen molar-refractivity contribution in [3.05, 3.63) is 23.7 Å². The molecule has 0 bridgehead atoms. The van der Waals surface area contributed by atoms with Gasteiger partial charge in [0.1, 0.15) is 0 Å². The molecule has 11 heteroatoms. The SMILES string of the molecule is CC(=O)/C=C(\[O-])C(F)(F)F.CC(=O)/C=C(\[O-])C(F)(F)F.[Ni+2].